The molecule has 0 saturated heterocycles. The summed E-state index contributed by atoms with van der Waals surface area (Å²) in [4.78, 5) is 12.0. The maximum Gasteiger partial charge on any atom is 0.226 e. The van der Waals surface area contributed by atoms with Crippen molar-refractivity contribution in [2.45, 2.75) is 13.0 Å². The number of carbonyl (C=O) groups is 1. The minimum absolute atomic E-state index is 0.0695. The fourth-order valence-electron chi connectivity index (χ4n) is 2.57. The summed E-state index contributed by atoms with van der Waals surface area (Å²) in [5.41, 5.74) is 1.46. The van der Waals surface area contributed by atoms with Crippen molar-refractivity contribution in [1.82, 2.24) is 0 Å². The van der Waals surface area contributed by atoms with Gasteiger partial charge in [-0.05, 0) is 42.0 Å². The van der Waals surface area contributed by atoms with Crippen LogP contribution in [0.15, 0.2) is 72.8 Å². The topological polar surface area (TPSA) is 50.4 Å². The van der Waals surface area contributed by atoms with Crippen LogP contribution in [0.2, 0.25) is 0 Å². The standard InChI is InChI=1S/C22H20F2N2O2/c23-19-7-4-8-20(24)22(19)25-14-13-21(27)26-17-9-11-18(12-10-17)28-15-16-5-2-1-3-6-16/h1-12,25H,13-15H2,(H,26,27). The van der Waals surface area contributed by atoms with E-state index in [-0.39, 0.29) is 24.6 Å². The van der Waals surface area contributed by atoms with E-state index in [1.807, 2.05) is 30.3 Å². The zero-order chi connectivity index (χ0) is 19.8. The second-order valence-electron chi connectivity index (χ2n) is 6.12. The van der Waals surface area contributed by atoms with Gasteiger partial charge in [0.1, 0.15) is 29.7 Å². The van der Waals surface area contributed by atoms with Crippen molar-refractivity contribution in [1.29, 1.82) is 0 Å². The Bertz CT molecular complexity index is 895. The predicted molar refractivity (Wildman–Crippen MR) is 105 cm³/mol. The first-order valence-electron chi connectivity index (χ1n) is 8.86. The fourth-order valence-corrected chi connectivity index (χ4v) is 2.57. The number of halogens is 2. The molecule has 0 aromatic heterocycles. The normalized spacial score (nSPS) is 10.4. The van der Waals surface area contributed by atoms with Gasteiger partial charge in [-0.25, -0.2) is 8.78 Å². The molecule has 0 atom stereocenters. The van der Waals surface area contributed by atoms with Crippen LogP contribution >= 0.6 is 0 Å². The number of rotatable bonds is 8. The van der Waals surface area contributed by atoms with Crippen LogP contribution in [0.4, 0.5) is 20.2 Å². The summed E-state index contributed by atoms with van der Waals surface area (Å²) >= 11 is 0. The molecule has 0 fully saturated rings. The average molecular weight is 382 g/mol. The van der Waals surface area contributed by atoms with Crippen LogP contribution in [0, 0.1) is 11.6 Å². The highest BCUT2D eigenvalue weighted by molar-refractivity contribution is 5.91. The first-order valence-corrected chi connectivity index (χ1v) is 8.86. The Morgan fingerprint density at radius 2 is 1.54 bits per heavy atom. The molecule has 3 rings (SSSR count). The lowest BCUT2D eigenvalue weighted by Gasteiger charge is -2.10. The smallest absolute Gasteiger partial charge is 0.226 e. The summed E-state index contributed by atoms with van der Waals surface area (Å²) < 4.78 is 32.7. The van der Waals surface area contributed by atoms with Crippen LogP contribution in [0.1, 0.15) is 12.0 Å². The summed E-state index contributed by atoms with van der Waals surface area (Å²) in [5.74, 6) is -0.946. The van der Waals surface area contributed by atoms with Gasteiger partial charge in [0, 0.05) is 18.7 Å². The van der Waals surface area contributed by atoms with Crippen LogP contribution in [-0.2, 0) is 11.4 Å². The molecule has 3 aromatic rings. The summed E-state index contributed by atoms with van der Waals surface area (Å²) in [7, 11) is 0. The van der Waals surface area contributed by atoms with E-state index in [2.05, 4.69) is 10.6 Å². The van der Waals surface area contributed by atoms with Gasteiger partial charge < -0.3 is 15.4 Å². The molecule has 144 valence electrons. The van der Waals surface area contributed by atoms with Crippen LogP contribution in [0.3, 0.4) is 0 Å². The maximum atomic E-state index is 13.5. The molecule has 6 heteroatoms. The monoisotopic (exact) mass is 382 g/mol. The molecule has 0 bridgehead atoms. The molecule has 28 heavy (non-hydrogen) atoms. The van der Waals surface area contributed by atoms with E-state index in [1.54, 1.807) is 24.3 Å². The van der Waals surface area contributed by atoms with E-state index in [4.69, 9.17) is 4.74 Å². The van der Waals surface area contributed by atoms with Crippen molar-refractivity contribution in [3.63, 3.8) is 0 Å². The molecule has 0 aliphatic carbocycles. The molecule has 0 spiro atoms. The maximum absolute atomic E-state index is 13.5. The number of carbonyl (C=O) groups excluding carboxylic acids is 1. The summed E-state index contributed by atoms with van der Waals surface area (Å²) in [6, 6.07) is 20.4. The van der Waals surface area contributed by atoms with E-state index >= 15 is 0 Å². The van der Waals surface area contributed by atoms with E-state index in [0.29, 0.717) is 18.0 Å². The molecule has 0 aliphatic rings. The molecule has 3 aromatic carbocycles. The molecular weight excluding hydrogens is 362 g/mol. The Morgan fingerprint density at radius 1 is 0.857 bits per heavy atom. The van der Waals surface area contributed by atoms with Gasteiger partial charge in [0.05, 0.1) is 0 Å². The second-order valence-corrected chi connectivity index (χ2v) is 6.12. The van der Waals surface area contributed by atoms with E-state index in [1.165, 1.54) is 6.07 Å². The van der Waals surface area contributed by atoms with E-state index < -0.39 is 11.6 Å². The molecule has 0 radical (unpaired) electrons. The van der Waals surface area contributed by atoms with E-state index in [9.17, 15) is 13.6 Å². The number of anilines is 2. The summed E-state index contributed by atoms with van der Waals surface area (Å²) in [6.07, 6.45) is 0.0695. The molecule has 0 aliphatic heterocycles. The SMILES string of the molecule is O=C(CCNc1c(F)cccc1F)Nc1ccc(OCc2ccccc2)cc1. The Hall–Kier alpha value is -3.41. The van der Waals surface area contributed by atoms with Crippen LogP contribution < -0.4 is 15.4 Å². The number of ether oxygens (including phenoxy) is 1. The third-order valence-corrected chi connectivity index (χ3v) is 4.00. The van der Waals surface area contributed by atoms with E-state index in [0.717, 1.165) is 17.7 Å². The Morgan fingerprint density at radius 3 is 2.21 bits per heavy atom. The van der Waals surface area contributed by atoms with Crippen molar-refractivity contribution in [3.8, 4) is 5.75 Å². The van der Waals surface area contributed by atoms with Gasteiger partial charge >= 0.3 is 0 Å². The minimum Gasteiger partial charge on any atom is -0.489 e. The van der Waals surface area contributed by atoms with Crippen molar-refractivity contribution in [3.05, 3.63) is 90.0 Å². The highest BCUT2D eigenvalue weighted by atomic mass is 19.1. The van der Waals surface area contributed by atoms with Gasteiger partial charge in [-0.2, -0.15) is 0 Å². The lowest BCUT2D eigenvalue weighted by atomic mass is 10.2. The van der Waals surface area contributed by atoms with Gasteiger partial charge in [-0.1, -0.05) is 36.4 Å². The summed E-state index contributed by atoms with van der Waals surface area (Å²) in [5, 5.41) is 5.34. The number of amides is 1. The van der Waals surface area contributed by atoms with Crippen molar-refractivity contribution < 1.29 is 18.3 Å². The van der Waals surface area contributed by atoms with Crippen LogP contribution in [0.5, 0.6) is 5.75 Å². The number of para-hydroxylation sites is 1. The average Bonchev–Trinajstić information content (AvgIpc) is 2.70. The first kappa shape index (κ1) is 19.4. The Kier molecular flexibility index (Phi) is 6.57. The Balaban J connectivity index is 1.44. The second kappa shape index (κ2) is 9.50. The van der Waals surface area contributed by atoms with Gasteiger partial charge in [-0.15, -0.1) is 0 Å². The van der Waals surface area contributed by atoms with Gasteiger partial charge in [-0.3, -0.25) is 4.79 Å². The lowest BCUT2D eigenvalue weighted by Crippen LogP contribution is -2.17. The largest absolute Gasteiger partial charge is 0.489 e. The van der Waals surface area contributed by atoms with Crippen LogP contribution in [0.25, 0.3) is 0 Å². The Labute approximate surface area is 162 Å². The van der Waals surface area contributed by atoms with Gasteiger partial charge in [0.2, 0.25) is 5.91 Å². The highest BCUT2D eigenvalue weighted by Gasteiger charge is 2.09. The summed E-state index contributed by atoms with van der Waals surface area (Å²) in [6.45, 7) is 0.576. The van der Waals surface area contributed by atoms with Crippen molar-refractivity contribution in [2.75, 3.05) is 17.2 Å². The minimum atomic E-state index is -0.688. The molecular formula is C22H20F2N2O2. The van der Waals surface area contributed by atoms with Gasteiger partial charge in [0.25, 0.3) is 0 Å². The number of nitrogens with one attached hydrogen (secondary N) is 2. The number of hydrogen-bond acceptors (Lipinski definition) is 3. The lowest BCUT2D eigenvalue weighted by molar-refractivity contribution is -0.115. The van der Waals surface area contributed by atoms with Crippen molar-refractivity contribution in [2.24, 2.45) is 0 Å². The molecule has 1 amide bonds. The highest BCUT2D eigenvalue weighted by Crippen LogP contribution is 2.19. The molecule has 0 unspecified atom stereocenters. The first-order chi connectivity index (χ1) is 13.6. The molecule has 0 heterocycles. The van der Waals surface area contributed by atoms with Crippen molar-refractivity contribution >= 4 is 17.3 Å². The molecule has 4 nitrogen and oxygen atoms in total. The zero-order valence-corrected chi connectivity index (χ0v) is 15.1. The zero-order valence-electron chi connectivity index (χ0n) is 15.1. The molecule has 2 N–H and O–H groups in total. The van der Waals surface area contributed by atoms with Crippen LogP contribution in [-0.4, -0.2) is 12.5 Å². The number of hydrogen-bond donors (Lipinski definition) is 2. The fraction of sp³-hybridized carbons (Fsp3) is 0.136. The third kappa shape index (κ3) is 5.54. The predicted octanol–water partition coefficient (Wildman–Crippen LogP) is 4.98. The third-order valence-electron chi connectivity index (χ3n) is 4.00. The number of benzene rings is 3. The van der Waals surface area contributed by atoms with Gasteiger partial charge in [0.15, 0.2) is 0 Å². The quantitative estimate of drug-likeness (QED) is 0.577. The molecule has 0 saturated carbocycles.